The van der Waals surface area contributed by atoms with Crippen molar-refractivity contribution < 1.29 is 19.5 Å². The Labute approximate surface area is 206 Å². The molecule has 0 aliphatic rings. The lowest BCUT2D eigenvalue weighted by Gasteiger charge is -2.25. The van der Waals surface area contributed by atoms with Crippen LogP contribution in [0.3, 0.4) is 0 Å². The molecule has 7 nitrogen and oxygen atoms in total. The molecule has 2 N–H and O–H groups in total. The first-order chi connectivity index (χ1) is 17.0. The van der Waals surface area contributed by atoms with Crippen molar-refractivity contribution >= 4 is 34.9 Å². The van der Waals surface area contributed by atoms with Crippen molar-refractivity contribution in [3.63, 3.8) is 0 Å². The summed E-state index contributed by atoms with van der Waals surface area (Å²) in [4.78, 5) is 30.2. The molecule has 0 heterocycles. The minimum absolute atomic E-state index is 0.304. The van der Waals surface area contributed by atoms with Gasteiger partial charge in [-0.25, -0.2) is 10.3 Å². The minimum Gasteiger partial charge on any atom is -0.372 e. The van der Waals surface area contributed by atoms with E-state index in [1.807, 2.05) is 0 Å². The molecule has 174 valence electrons. The molecule has 0 bridgehead atoms. The summed E-state index contributed by atoms with van der Waals surface area (Å²) in [5.41, 5.74) is 2.49. The summed E-state index contributed by atoms with van der Waals surface area (Å²) in [5, 5.41) is 19.6. The Morgan fingerprint density at radius 2 is 1.40 bits per heavy atom. The van der Waals surface area contributed by atoms with Crippen LogP contribution >= 0.6 is 11.6 Å². The van der Waals surface area contributed by atoms with E-state index in [1.165, 1.54) is 6.07 Å². The standard InChI is InChI=1S/C27H20ClN3O4/c28-22-13-7-8-19(18-22)25(32)35-31-24-16-14-23(15-17-24)29-30-26(33)27(34,20-9-3-1-4-10-20)21-11-5-2-6-12-21/h1-18,31,34H. The molecule has 4 aromatic rings. The zero-order valence-corrected chi connectivity index (χ0v) is 19.1. The first-order valence-corrected chi connectivity index (χ1v) is 11.0. The van der Waals surface area contributed by atoms with Crippen LogP contribution in [0.4, 0.5) is 11.4 Å². The molecule has 0 aliphatic heterocycles. The Kier molecular flexibility index (Phi) is 7.30. The number of anilines is 1. The molecule has 0 radical (unpaired) electrons. The molecule has 0 aliphatic carbocycles. The third-order valence-electron chi connectivity index (χ3n) is 5.14. The van der Waals surface area contributed by atoms with Gasteiger partial charge in [0.1, 0.15) is 0 Å². The number of hydrogen-bond donors (Lipinski definition) is 2. The molecule has 8 heteroatoms. The summed E-state index contributed by atoms with van der Waals surface area (Å²) in [6, 6.07) is 29.9. The van der Waals surface area contributed by atoms with Crippen LogP contribution in [0, 0.1) is 0 Å². The predicted octanol–water partition coefficient (Wildman–Crippen LogP) is 6.07. The van der Waals surface area contributed by atoms with Gasteiger partial charge in [-0.15, -0.1) is 10.2 Å². The van der Waals surface area contributed by atoms with Crippen LogP contribution in [0.5, 0.6) is 0 Å². The monoisotopic (exact) mass is 485 g/mol. The van der Waals surface area contributed by atoms with Crippen molar-refractivity contribution in [2.24, 2.45) is 10.2 Å². The second-order valence-electron chi connectivity index (χ2n) is 7.50. The summed E-state index contributed by atoms with van der Waals surface area (Å²) in [6.45, 7) is 0. The van der Waals surface area contributed by atoms with Gasteiger partial charge < -0.3 is 9.94 Å². The third-order valence-corrected chi connectivity index (χ3v) is 5.37. The largest absolute Gasteiger partial charge is 0.372 e. The second-order valence-corrected chi connectivity index (χ2v) is 7.93. The van der Waals surface area contributed by atoms with E-state index in [1.54, 1.807) is 103 Å². The number of benzene rings is 4. The molecular formula is C27H20ClN3O4. The maximum absolute atomic E-state index is 13.1. The zero-order valence-electron chi connectivity index (χ0n) is 18.3. The lowest BCUT2D eigenvalue weighted by atomic mass is 9.86. The number of nitrogens with zero attached hydrogens (tertiary/aromatic N) is 2. The fourth-order valence-corrected chi connectivity index (χ4v) is 3.51. The number of hydrogen-bond acceptors (Lipinski definition) is 6. The summed E-state index contributed by atoms with van der Waals surface area (Å²) < 4.78 is 0. The van der Waals surface area contributed by atoms with Gasteiger partial charge in [0, 0.05) is 5.02 Å². The molecule has 0 saturated heterocycles. The summed E-state index contributed by atoms with van der Waals surface area (Å²) in [6.07, 6.45) is 0. The number of aliphatic hydroxyl groups is 1. The van der Waals surface area contributed by atoms with Crippen LogP contribution in [0.25, 0.3) is 0 Å². The average molecular weight is 486 g/mol. The van der Waals surface area contributed by atoms with Gasteiger partial charge in [-0.1, -0.05) is 78.3 Å². The Bertz CT molecular complexity index is 1300. The van der Waals surface area contributed by atoms with Crippen molar-refractivity contribution in [2.45, 2.75) is 5.60 Å². The highest BCUT2D eigenvalue weighted by Crippen LogP contribution is 2.31. The van der Waals surface area contributed by atoms with E-state index in [-0.39, 0.29) is 0 Å². The van der Waals surface area contributed by atoms with Crippen molar-refractivity contribution in [3.05, 3.63) is 131 Å². The van der Waals surface area contributed by atoms with Gasteiger partial charge in [0.15, 0.2) is 5.60 Å². The lowest BCUT2D eigenvalue weighted by molar-refractivity contribution is -0.133. The molecule has 0 unspecified atom stereocenters. The van der Waals surface area contributed by atoms with E-state index in [0.717, 1.165) is 0 Å². The van der Waals surface area contributed by atoms with Crippen LogP contribution < -0.4 is 5.48 Å². The van der Waals surface area contributed by atoms with Crippen molar-refractivity contribution in [1.82, 2.24) is 0 Å². The van der Waals surface area contributed by atoms with Gasteiger partial charge in [-0.3, -0.25) is 4.79 Å². The van der Waals surface area contributed by atoms with E-state index in [4.69, 9.17) is 16.4 Å². The average Bonchev–Trinajstić information content (AvgIpc) is 2.91. The molecule has 0 atom stereocenters. The maximum Gasteiger partial charge on any atom is 0.362 e. The molecule has 4 rings (SSSR count). The van der Waals surface area contributed by atoms with E-state index in [9.17, 15) is 14.7 Å². The number of carbonyl (C=O) groups excluding carboxylic acids is 2. The first-order valence-electron chi connectivity index (χ1n) is 10.6. The van der Waals surface area contributed by atoms with E-state index < -0.39 is 17.5 Å². The minimum atomic E-state index is -1.98. The highest BCUT2D eigenvalue weighted by Gasteiger charge is 2.40. The number of carbonyl (C=O) groups is 2. The molecule has 0 spiro atoms. The molecule has 0 saturated carbocycles. The Morgan fingerprint density at radius 1 is 0.800 bits per heavy atom. The molecule has 0 aromatic heterocycles. The summed E-state index contributed by atoms with van der Waals surface area (Å²) in [7, 11) is 0. The fourth-order valence-electron chi connectivity index (χ4n) is 3.32. The number of nitrogens with one attached hydrogen (secondary N) is 1. The number of halogens is 1. The lowest BCUT2D eigenvalue weighted by Crippen LogP contribution is -2.35. The van der Waals surface area contributed by atoms with Gasteiger partial charge in [0.2, 0.25) is 0 Å². The van der Waals surface area contributed by atoms with Crippen LogP contribution in [0.15, 0.2) is 119 Å². The maximum atomic E-state index is 13.1. The van der Waals surface area contributed by atoms with Crippen molar-refractivity contribution in [2.75, 3.05) is 5.48 Å². The predicted molar refractivity (Wildman–Crippen MR) is 132 cm³/mol. The first kappa shape index (κ1) is 23.8. The fraction of sp³-hybridized carbons (Fsp3) is 0.0370. The highest BCUT2D eigenvalue weighted by atomic mass is 35.5. The van der Waals surface area contributed by atoms with E-state index >= 15 is 0 Å². The molecule has 4 aromatic carbocycles. The highest BCUT2D eigenvalue weighted by molar-refractivity contribution is 6.30. The van der Waals surface area contributed by atoms with Crippen LogP contribution in [-0.4, -0.2) is 17.0 Å². The Morgan fingerprint density at radius 3 is 1.97 bits per heavy atom. The molecule has 1 amide bonds. The Hall–Kier alpha value is -4.33. The molecule has 35 heavy (non-hydrogen) atoms. The summed E-state index contributed by atoms with van der Waals surface area (Å²) >= 11 is 5.89. The van der Waals surface area contributed by atoms with Crippen LogP contribution in [0.2, 0.25) is 5.02 Å². The second kappa shape index (κ2) is 10.7. The van der Waals surface area contributed by atoms with Gasteiger partial charge in [-0.2, -0.15) is 0 Å². The van der Waals surface area contributed by atoms with E-state index in [2.05, 4.69) is 15.7 Å². The van der Waals surface area contributed by atoms with Crippen LogP contribution in [-0.2, 0) is 15.2 Å². The van der Waals surface area contributed by atoms with Gasteiger partial charge in [0.25, 0.3) is 0 Å². The molecular weight excluding hydrogens is 466 g/mol. The Balaban J connectivity index is 1.46. The normalized spacial score (nSPS) is 11.3. The molecule has 0 fully saturated rings. The number of amides is 1. The summed E-state index contributed by atoms with van der Waals surface area (Å²) in [5.74, 6) is -1.42. The SMILES string of the molecule is O=C(ONc1ccc(N=NC(=O)C(O)(c2ccccc2)c2ccccc2)cc1)c1cccc(Cl)c1. The van der Waals surface area contributed by atoms with Gasteiger partial charge >= 0.3 is 11.9 Å². The smallest absolute Gasteiger partial charge is 0.362 e. The third kappa shape index (κ3) is 5.60. The number of azo groups is 1. The quantitative estimate of drug-likeness (QED) is 0.244. The zero-order chi connectivity index (χ0) is 24.7. The van der Waals surface area contributed by atoms with Crippen molar-refractivity contribution in [1.29, 1.82) is 0 Å². The van der Waals surface area contributed by atoms with Gasteiger partial charge in [0.05, 0.1) is 16.9 Å². The topological polar surface area (TPSA) is 100 Å². The van der Waals surface area contributed by atoms with Crippen molar-refractivity contribution in [3.8, 4) is 0 Å². The number of rotatable bonds is 7. The van der Waals surface area contributed by atoms with Gasteiger partial charge in [-0.05, 0) is 53.6 Å². The van der Waals surface area contributed by atoms with E-state index in [0.29, 0.717) is 33.1 Å². The van der Waals surface area contributed by atoms with Crippen LogP contribution in [0.1, 0.15) is 21.5 Å².